The number of carboxylic acid groups (broad SMARTS) is 1. The zero-order chi connectivity index (χ0) is 15.2. The van der Waals surface area contributed by atoms with Gasteiger partial charge in [-0.3, -0.25) is 9.89 Å². The minimum atomic E-state index is -1.01. The molecule has 0 aliphatic rings. The molecule has 0 spiro atoms. The standard InChI is InChI=1S/C15H15N3O3/c1-10-13(9-17-18-10)8-16-15(21)12-5-2-11(3-6-12)4-7-14(19)20/h2-7,9H,8H2,1H3,(H,16,21)(H,17,18)(H,19,20). The third kappa shape index (κ3) is 4.04. The molecular weight excluding hydrogens is 270 g/mol. The smallest absolute Gasteiger partial charge is 0.328 e. The summed E-state index contributed by atoms with van der Waals surface area (Å²) in [5.74, 6) is -1.20. The number of aromatic amines is 1. The first-order valence-corrected chi connectivity index (χ1v) is 6.34. The van der Waals surface area contributed by atoms with Crippen LogP contribution in [0.15, 0.2) is 36.5 Å². The van der Waals surface area contributed by atoms with Crippen molar-refractivity contribution in [2.45, 2.75) is 13.5 Å². The molecule has 0 unspecified atom stereocenters. The van der Waals surface area contributed by atoms with Gasteiger partial charge in [0.25, 0.3) is 5.91 Å². The van der Waals surface area contributed by atoms with Crippen molar-refractivity contribution in [1.82, 2.24) is 15.5 Å². The maximum Gasteiger partial charge on any atom is 0.328 e. The summed E-state index contributed by atoms with van der Waals surface area (Å²) in [6.45, 7) is 2.29. The number of aliphatic carboxylic acids is 1. The van der Waals surface area contributed by atoms with Crippen LogP contribution in [0.2, 0.25) is 0 Å². The Morgan fingerprint density at radius 2 is 2.05 bits per heavy atom. The number of aryl methyl sites for hydroxylation is 1. The fourth-order valence-electron chi connectivity index (χ4n) is 1.74. The number of hydrogen-bond donors (Lipinski definition) is 3. The van der Waals surface area contributed by atoms with Gasteiger partial charge in [0.2, 0.25) is 0 Å². The van der Waals surface area contributed by atoms with E-state index in [9.17, 15) is 9.59 Å². The maximum absolute atomic E-state index is 12.0. The second kappa shape index (κ2) is 6.51. The van der Waals surface area contributed by atoms with Crippen LogP contribution in [0.4, 0.5) is 0 Å². The zero-order valence-corrected chi connectivity index (χ0v) is 11.5. The highest BCUT2D eigenvalue weighted by molar-refractivity contribution is 5.94. The number of amides is 1. The van der Waals surface area contributed by atoms with E-state index in [1.54, 1.807) is 30.5 Å². The summed E-state index contributed by atoms with van der Waals surface area (Å²) >= 11 is 0. The summed E-state index contributed by atoms with van der Waals surface area (Å²) in [7, 11) is 0. The van der Waals surface area contributed by atoms with Crippen LogP contribution in [0.1, 0.15) is 27.2 Å². The lowest BCUT2D eigenvalue weighted by molar-refractivity contribution is -0.131. The number of aromatic nitrogens is 2. The van der Waals surface area contributed by atoms with Crippen molar-refractivity contribution < 1.29 is 14.7 Å². The summed E-state index contributed by atoms with van der Waals surface area (Å²) in [5.41, 5.74) is 3.09. The van der Waals surface area contributed by atoms with Crippen molar-refractivity contribution in [2.75, 3.05) is 0 Å². The molecule has 0 aliphatic heterocycles. The lowest BCUT2D eigenvalue weighted by Gasteiger charge is -2.05. The molecule has 108 valence electrons. The van der Waals surface area contributed by atoms with Gasteiger partial charge in [-0.15, -0.1) is 0 Å². The zero-order valence-electron chi connectivity index (χ0n) is 11.5. The van der Waals surface area contributed by atoms with Crippen LogP contribution >= 0.6 is 0 Å². The Bertz CT molecular complexity index is 672. The quantitative estimate of drug-likeness (QED) is 0.729. The molecule has 3 N–H and O–H groups in total. The Labute approximate surface area is 121 Å². The fraction of sp³-hybridized carbons (Fsp3) is 0.133. The van der Waals surface area contributed by atoms with Crippen LogP contribution < -0.4 is 5.32 Å². The van der Waals surface area contributed by atoms with Gasteiger partial charge in [0.1, 0.15) is 0 Å². The van der Waals surface area contributed by atoms with Crippen molar-refractivity contribution in [1.29, 1.82) is 0 Å². The number of carbonyl (C=O) groups excluding carboxylic acids is 1. The third-order valence-electron chi connectivity index (χ3n) is 2.96. The molecule has 1 aromatic heterocycles. The maximum atomic E-state index is 12.0. The highest BCUT2D eigenvalue weighted by Gasteiger charge is 2.06. The topological polar surface area (TPSA) is 95.1 Å². The Morgan fingerprint density at radius 1 is 1.33 bits per heavy atom. The number of rotatable bonds is 5. The van der Waals surface area contributed by atoms with Gasteiger partial charge in [-0.05, 0) is 30.7 Å². The summed E-state index contributed by atoms with van der Waals surface area (Å²) in [6.07, 6.45) is 4.20. The first kappa shape index (κ1) is 14.5. The van der Waals surface area contributed by atoms with Crippen LogP contribution in [0.5, 0.6) is 0 Å². The van der Waals surface area contributed by atoms with Crippen LogP contribution in [-0.2, 0) is 11.3 Å². The molecule has 0 radical (unpaired) electrons. The SMILES string of the molecule is Cc1[nH]ncc1CNC(=O)c1ccc(C=CC(=O)O)cc1. The van der Waals surface area contributed by atoms with Gasteiger partial charge in [0, 0.05) is 29.4 Å². The van der Waals surface area contributed by atoms with E-state index >= 15 is 0 Å². The second-order valence-electron chi connectivity index (χ2n) is 4.50. The molecular formula is C15H15N3O3. The summed E-state index contributed by atoms with van der Waals surface area (Å²) in [6, 6.07) is 6.69. The van der Waals surface area contributed by atoms with E-state index in [2.05, 4.69) is 15.5 Å². The molecule has 6 nitrogen and oxygen atoms in total. The molecule has 1 amide bonds. The van der Waals surface area contributed by atoms with Gasteiger partial charge in [0.05, 0.1) is 6.20 Å². The van der Waals surface area contributed by atoms with Crippen molar-refractivity contribution in [3.63, 3.8) is 0 Å². The summed E-state index contributed by atoms with van der Waals surface area (Å²) in [4.78, 5) is 22.4. The number of H-pyrrole nitrogens is 1. The highest BCUT2D eigenvalue weighted by Crippen LogP contribution is 2.07. The fourth-order valence-corrected chi connectivity index (χ4v) is 1.74. The van der Waals surface area contributed by atoms with Crippen LogP contribution in [0.3, 0.4) is 0 Å². The van der Waals surface area contributed by atoms with Crippen molar-refractivity contribution in [3.8, 4) is 0 Å². The highest BCUT2D eigenvalue weighted by atomic mass is 16.4. The Balaban J connectivity index is 1.97. The first-order valence-electron chi connectivity index (χ1n) is 6.34. The number of benzene rings is 1. The van der Waals surface area contributed by atoms with Crippen LogP contribution in [0.25, 0.3) is 6.08 Å². The average molecular weight is 285 g/mol. The first-order chi connectivity index (χ1) is 10.1. The average Bonchev–Trinajstić information content (AvgIpc) is 2.88. The minimum Gasteiger partial charge on any atom is -0.478 e. The molecule has 21 heavy (non-hydrogen) atoms. The predicted octanol–water partition coefficient (Wildman–Crippen LogP) is 1.75. The Hall–Kier alpha value is -2.89. The number of nitrogens with one attached hydrogen (secondary N) is 2. The third-order valence-corrected chi connectivity index (χ3v) is 2.96. The van der Waals surface area contributed by atoms with Gasteiger partial charge < -0.3 is 10.4 Å². The number of carboxylic acids is 1. The molecule has 0 aliphatic carbocycles. The van der Waals surface area contributed by atoms with E-state index in [1.165, 1.54) is 6.08 Å². The van der Waals surface area contributed by atoms with Gasteiger partial charge >= 0.3 is 5.97 Å². The lowest BCUT2D eigenvalue weighted by atomic mass is 10.1. The molecule has 1 aromatic carbocycles. The monoisotopic (exact) mass is 285 g/mol. The van der Waals surface area contributed by atoms with Gasteiger partial charge in [-0.2, -0.15) is 5.10 Å². The second-order valence-corrected chi connectivity index (χ2v) is 4.50. The lowest BCUT2D eigenvalue weighted by Crippen LogP contribution is -2.22. The molecule has 0 saturated carbocycles. The minimum absolute atomic E-state index is 0.190. The molecule has 1 heterocycles. The van der Waals surface area contributed by atoms with Crippen molar-refractivity contribution in [2.24, 2.45) is 0 Å². The van der Waals surface area contributed by atoms with E-state index in [0.717, 1.165) is 22.9 Å². The Morgan fingerprint density at radius 3 is 2.62 bits per heavy atom. The number of nitrogens with zero attached hydrogens (tertiary/aromatic N) is 1. The molecule has 6 heteroatoms. The molecule has 0 atom stereocenters. The van der Waals surface area contributed by atoms with Crippen LogP contribution in [-0.4, -0.2) is 27.2 Å². The van der Waals surface area contributed by atoms with E-state index in [-0.39, 0.29) is 5.91 Å². The number of carbonyl (C=O) groups is 2. The van der Waals surface area contributed by atoms with Gasteiger partial charge in [-0.1, -0.05) is 12.1 Å². The summed E-state index contributed by atoms with van der Waals surface area (Å²) in [5, 5.41) is 18.0. The Kier molecular flexibility index (Phi) is 4.50. The van der Waals surface area contributed by atoms with Crippen molar-refractivity contribution >= 4 is 18.0 Å². The van der Waals surface area contributed by atoms with E-state index in [1.807, 2.05) is 6.92 Å². The molecule has 0 bridgehead atoms. The van der Waals surface area contributed by atoms with E-state index < -0.39 is 5.97 Å². The van der Waals surface area contributed by atoms with Gasteiger partial charge in [0.15, 0.2) is 0 Å². The van der Waals surface area contributed by atoms with Crippen LogP contribution in [0, 0.1) is 6.92 Å². The largest absolute Gasteiger partial charge is 0.478 e. The van der Waals surface area contributed by atoms with Crippen molar-refractivity contribution in [3.05, 3.63) is 58.9 Å². The number of hydrogen-bond acceptors (Lipinski definition) is 3. The predicted molar refractivity (Wildman–Crippen MR) is 77.6 cm³/mol. The van der Waals surface area contributed by atoms with Gasteiger partial charge in [-0.25, -0.2) is 4.79 Å². The molecule has 2 aromatic rings. The molecule has 0 saturated heterocycles. The van der Waals surface area contributed by atoms with E-state index in [4.69, 9.17) is 5.11 Å². The normalized spacial score (nSPS) is 10.7. The molecule has 0 fully saturated rings. The molecule has 2 rings (SSSR count). The summed E-state index contributed by atoms with van der Waals surface area (Å²) < 4.78 is 0. The van der Waals surface area contributed by atoms with E-state index in [0.29, 0.717) is 12.1 Å².